The van der Waals surface area contributed by atoms with Gasteiger partial charge in [0.05, 0.1) is 12.2 Å². The molecule has 0 amide bonds. The third-order valence-electron chi connectivity index (χ3n) is 4.00. The molecule has 0 heterocycles. The summed E-state index contributed by atoms with van der Waals surface area (Å²) in [5.41, 5.74) is -0.655. The summed E-state index contributed by atoms with van der Waals surface area (Å²) in [6.07, 6.45) is 5.01. The Labute approximate surface area is 99.5 Å². The van der Waals surface area contributed by atoms with Crippen molar-refractivity contribution < 1.29 is 10.2 Å². The maximum atomic E-state index is 10.3. The lowest BCUT2D eigenvalue weighted by Crippen LogP contribution is -2.48. The van der Waals surface area contributed by atoms with Crippen molar-refractivity contribution in [2.24, 2.45) is 5.92 Å². The van der Waals surface area contributed by atoms with Crippen LogP contribution >= 0.6 is 0 Å². The molecule has 1 atom stereocenters. The highest BCUT2D eigenvalue weighted by Crippen LogP contribution is 2.26. The predicted octanol–water partition coefficient (Wildman–Crippen LogP) is 1.63. The molecule has 1 aliphatic carbocycles. The van der Waals surface area contributed by atoms with Crippen LogP contribution in [0.1, 0.15) is 46.5 Å². The van der Waals surface area contributed by atoms with E-state index in [4.69, 9.17) is 5.11 Å². The average molecular weight is 229 g/mol. The molecule has 3 nitrogen and oxygen atoms in total. The zero-order chi connectivity index (χ0) is 12.2. The molecule has 1 saturated carbocycles. The molecule has 0 radical (unpaired) electrons. The molecule has 16 heavy (non-hydrogen) atoms. The number of rotatable bonds is 6. The van der Waals surface area contributed by atoms with Crippen molar-refractivity contribution >= 4 is 0 Å². The minimum atomic E-state index is -0.655. The molecular formula is C13H27NO2. The Morgan fingerprint density at radius 3 is 2.31 bits per heavy atom. The SMILES string of the molecule is CC(C)C(C)(O)CN(CCO)C1CCCC1. The third-order valence-corrected chi connectivity index (χ3v) is 4.00. The van der Waals surface area contributed by atoms with Crippen LogP contribution in [-0.4, -0.2) is 46.5 Å². The van der Waals surface area contributed by atoms with E-state index in [0.717, 1.165) is 0 Å². The van der Waals surface area contributed by atoms with Crippen LogP contribution in [0.25, 0.3) is 0 Å². The smallest absolute Gasteiger partial charge is 0.0768 e. The molecular weight excluding hydrogens is 202 g/mol. The molecule has 1 unspecified atom stereocenters. The Bertz CT molecular complexity index is 198. The summed E-state index contributed by atoms with van der Waals surface area (Å²) < 4.78 is 0. The summed E-state index contributed by atoms with van der Waals surface area (Å²) in [4.78, 5) is 2.27. The Morgan fingerprint density at radius 1 is 1.31 bits per heavy atom. The highest BCUT2D eigenvalue weighted by Gasteiger charge is 2.31. The Morgan fingerprint density at radius 2 is 1.88 bits per heavy atom. The van der Waals surface area contributed by atoms with Gasteiger partial charge in [-0.05, 0) is 25.7 Å². The Hall–Kier alpha value is -0.120. The second-order valence-corrected chi connectivity index (χ2v) is 5.64. The van der Waals surface area contributed by atoms with Crippen LogP contribution in [0, 0.1) is 5.92 Å². The summed E-state index contributed by atoms with van der Waals surface area (Å²) in [6, 6.07) is 0.567. The van der Waals surface area contributed by atoms with Gasteiger partial charge in [0.1, 0.15) is 0 Å². The maximum absolute atomic E-state index is 10.3. The van der Waals surface area contributed by atoms with Crippen molar-refractivity contribution in [3.8, 4) is 0 Å². The van der Waals surface area contributed by atoms with Gasteiger partial charge in [-0.3, -0.25) is 4.90 Å². The molecule has 0 saturated heterocycles. The summed E-state index contributed by atoms with van der Waals surface area (Å²) in [5, 5.41) is 19.4. The number of aliphatic hydroxyl groups excluding tert-OH is 1. The number of aliphatic hydroxyl groups is 2. The molecule has 0 aromatic heterocycles. The standard InChI is InChI=1S/C13H27NO2/c1-11(2)13(3,16)10-14(8-9-15)12-6-4-5-7-12/h11-12,15-16H,4-10H2,1-3H3. The molecule has 1 aliphatic rings. The van der Waals surface area contributed by atoms with Crippen LogP contribution in [-0.2, 0) is 0 Å². The molecule has 2 N–H and O–H groups in total. The van der Waals surface area contributed by atoms with Gasteiger partial charge in [0, 0.05) is 19.1 Å². The van der Waals surface area contributed by atoms with Crippen molar-refractivity contribution in [3.63, 3.8) is 0 Å². The molecule has 3 heteroatoms. The first-order chi connectivity index (χ1) is 7.47. The highest BCUT2D eigenvalue weighted by atomic mass is 16.3. The van der Waals surface area contributed by atoms with E-state index in [1.807, 2.05) is 20.8 Å². The minimum absolute atomic E-state index is 0.185. The summed E-state index contributed by atoms with van der Waals surface area (Å²) in [6.45, 7) is 7.54. The van der Waals surface area contributed by atoms with Crippen LogP contribution in [0.4, 0.5) is 0 Å². The van der Waals surface area contributed by atoms with Gasteiger partial charge in [0.25, 0.3) is 0 Å². The van der Waals surface area contributed by atoms with Crippen LogP contribution in [0.3, 0.4) is 0 Å². The fraction of sp³-hybridized carbons (Fsp3) is 1.00. The second kappa shape index (κ2) is 5.99. The lowest BCUT2D eigenvalue weighted by atomic mass is 9.91. The molecule has 1 rings (SSSR count). The lowest BCUT2D eigenvalue weighted by molar-refractivity contribution is -0.0319. The van der Waals surface area contributed by atoms with Crippen molar-refractivity contribution in [1.29, 1.82) is 0 Å². The quantitative estimate of drug-likeness (QED) is 0.727. The third kappa shape index (κ3) is 3.72. The number of nitrogens with zero attached hydrogens (tertiary/aromatic N) is 1. The molecule has 0 spiro atoms. The van der Waals surface area contributed by atoms with Crippen LogP contribution in [0.2, 0.25) is 0 Å². The van der Waals surface area contributed by atoms with E-state index in [9.17, 15) is 5.11 Å². The van der Waals surface area contributed by atoms with E-state index in [2.05, 4.69) is 4.90 Å². The molecule has 0 aliphatic heterocycles. The van der Waals surface area contributed by atoms with Crippen LogP contribution in [0.5, 0.6) is 0 Å². The molecule has 0 aromatic rings. The minimum Gasteiger partial charge on any atom is -0.395 e. The van der Waals surface area contributed by atoms with E-state index in [0.29, 0.717) is 19.1 Å². The summed E-state index contributed by atoms with van der Waals surface area (Å²) in [7, 11) is 0. The van der Waals surface area contributed by atoms with Crippen LogP contribution < -0.4 is 0 Å². The van der Waals surface area contributed by atoms with Gasteiger partial charge in [-0.15, -0.1) is 0 Å². The van der Waals surface area contributed by atoms with Crippen molar-refractivity contribution in [3.05, 3.63) is 0 Å². The van der Waals surface area contributed by atoms with Gasteiger partial charge in [-0.25, -0.2) is 0 Å². The van der Waals surface area contributed by atoms with Crippen LogP contribution in [0.15, 0.2) is 0 Å². The monoisotopic (exact) mass is 229 g/mol. The van der Waals surface area contributed by atoms with Crippen molar-refractivity contribution in [1.82, 2.24) is 4.90 Å². The molecule has 0 bridgehead atoms. The van der Waals surface area contributed by atoms with Gasteiger partial charge in [0.2, 0.25) is 0 Å². The predicted molar refractivity (Wildman–Crippen MR) is 66.4 cm³/mol. The highest BCUT2D eigenvalue weighted by molar-refractivity contribution is 4.85. The Balaban J connectivity index is 2.56. The topological polar surface area (TPSA) is 43.7 Å². The van der Waals surface area contributed by atoms with E-state index in [1.54, 1.807) is 0 Å². The zero-order valence-corrected chi connectivity index (χ0v) is 10.9. The van der Waals surface area contributed by atoms with Gasteiger partial charge in [-0.2, -0.15) is 0 Å². The molecule has 96 valence electrons. The molecule has 1 fully saturated rings. The first-order valence-corrected chi connectivity index (χ1v) is 6.54. The zero-order valence-electron chi connectivity index (χ0n) is 10.9. The fourth-order valence-electron chi connectivity index (χ4n) is 2.38. The van der Waals surface area contributed by atoms with E-state index in [1.165, 1.54) is 25.7 Å². The number of hydrogen-bond acceptors (Lipinski definition) is 3. The summed E-state index contributed by atoms with van der Waals surface area (Å²) in [5.74, 6) is 0.245. The normalized spacial score (nSPS) is 21.9. The van der Waals surface area contributed by atoms with E-state index < -0.39 is 5.60 Å². The molecule has 0 aromatic carbocycles. The lowest BCUT2D eigenvalue weighted by Gasteiger charge is -2.37. The largest absolute Gasteiger partial charge is 0.395 e. The van der Waals surface area contributed by atoms with E-state index >= 15 is 0 Å². The van der Waals surface area contributed by atoms with Gasteiger partial charge < -0.3 is 10.2 Å². The first kappa shape index (κ1) is 13.9. The second-order valence-electron chi connectivity index (χ2n) is 5.64. The fourth-order valence-corrected chi connectivity index (χ4v) is 2.38. The number of hydrogen-bond donors (Lipinski definition) is 2. The van der Waals surface area contributed by atoms with Gasteiger partial charge >= 0.3 is 0 Å². The van der Waals surface area contributed by atoms with Gasteiger partial charge in [-0.1, -0.05) is 26.7 Å². The van der Waals surface area contributed by atoms with E-state index in [-0.39, 0.29) is 12.5 Å². The van der Waals surface area contributed by atoms with Crippen molar-refractivity contribution in [2.75, 3.05) is 19.7 Å². The first-order valence-electron chi connectivity index (χ1n) is 6.54. The average Bonchev–Trinajstić information content (AvgIpc) is 2.69. The van der Waals surface area contributed by atoms with Crippen molar-refractivity contribution in [2.45, 2.75) is 58.1 Å². The Kier molecular flexibility index (Phi) is 5.22. The maximum Gasteiger partial charge on any atom is 0.0768 e. The van der Waals surface area contributed by atoms with Gasteiger partial charge in [0.15, 0.2) is 0 Å². The summed E-state index contributed by atoms with van der Waals surface area (Å²) >= 11 is 0.